The van der Waals surface area contributed by atoms with Gasteiger partial charge in [-0.25, -0.2) is 0 Å². The molecule has 0 aliphatic heterocycles. The maximum atomic E-state index is 12.8. The van der Waals surface area contributed by atoms with Crippen LogP contribution in [-0.4, -0.2) is 27.6 Å². The maximum absolute atomic E-state index is 12.8. The molecule has 2 unspecified atom stereocenters. The molecule has 28 heavy (non-hydrogen) atoms. The van der Waals surface area contributed by atoms with Crippen molar-refractivity contribution in [1.82, 2.24) is 4.57 Å². The SMILES string of the molecule is CC(C)c1cccc(CCCC(=O)c2ccc(C3CCC(N)(CO)C3)n2C)c1. The second-order valence-corrected chi connectivity index (χ2v) is 8.84. The molecule has 3 rings (SSSR count). The van der Waals surface area contributed by atoms with Gasteiger partial charge in [0, 0.05) is 30.6 Å². The normalized spacial score (nSPS) is 22.1. The Hall–Kier alpha value is -1.91. The number of rotatable bonds is 8. The molecule has 0 bridgehead atoms. The summed E-state index contributed by atoms with van der Waals surface area (Å²) in [5.74, 6) is 1.05. The van der Waals surface area contributed by atoms with E-state index in [1.807, 2.05) is 17.7 Å². The lowest BCUT2D eigenvalue weighted by Crippen LogP contribution is -2.40. The molecule has 1 aromatic heterocycles. The van der Waals surface area contributed by atoms with Crippen LogP contribution in [-0.2, 0) is 13.5 Å². The number of aliphatic hydroxyl groups excluding tert-OH is 1. The largest absolute Gasteiger partial charge is 0.394 e. The molecule has 0 amide bonds. The summed E-state index contributed by atoms with van der Waals surface area (Å²) >= 11 is 0. The number of hydrogen-bond acceptors (Lipinski definition) is 3. The number of ketones is 1. The Bertz CT molecular complexity index is 824. The van der Waals surface area contributed by atoms with E-state index in [9.17, 15) is 9.90 Å². The van der Waals surface area contributed by atoms with E-state index in [4.69, 9.17) is 5.73 Å². The first-order valence-electron chi connectivity index (χ1n) is 10.5. The number of hydrogen-bond donors (Lipinski definition) is 2. The third-order valence-electron chi connectivity index (χ3n) is 6.31. The molecule has 1 heterocycles. The first-order valence-corrected chi connectivity index (χ1v) is 10.5. The average Bonchev–Trinajstić information content (AvgIpc) is 3.25. The zero-order valence-corrected chi connectivity index (χ0v) is 17.4. The fraction of sp³-hybridized carbons (Fsp3) is 0.542. The average molecular weight is 383 g/mol. The highest BCUT2D eigenvalue weighted by Crippen LogP contribution is 2.39. The van der Waals surface area contributed by atoms with Gasteiger partial charge in [0.2, 0.25) is 0 Å². The molecule has 1 saturated carbocycles. The van der Waals surface area contributed by atoms with Crippen LogP contribution in [0.2, 0.25) is 0 Å². The number of aliphatic hydroxyl groups is 1. The number of Topliss-reactive ketones (excluding diaryl/α,β-unsaturated/α-hetero) is 1. The quantitative estimate of drug-likeness (QED) is 0.669. The van der Waals surface area contributed by atoms with Crippen molar-refractivity contribution in [3.8, 4) is 0 Å². The lowest BCUT2D eigenvalue weighted by molar-refractivity contribution is 0.0972. The standard InChI is InChI=1S/C24H34N2O2/c1-17(2)19-8-4-6-18(14-19)7-5-9-23(28)22-11-10-21(26(22)3)20-12-13-24(25,15-20)16-27/h4,6,8,10-11,14,17,20,27H,5,7,9,12-13,15-16,25H2,1-3H3. The summed E-state index contributed by atoms with van der Waals surface area (Å²) in [5, 5.41) is 9.51. The van der Waals surface area contributed by atoms with Crippen LogP contribution >= 0.6 is 0 Å². The van der Waals surface area contributed by atoms with E-state index in [0.29, 0.717) is 18.3 Å². The fourth-order valence-corrected chi connectivity index (χ4v) is 4.46. The molecular formula is C24H34N2O2. The van der Waals surface area contributed by atoms with Gasteiger partial charge < -0.3 is 15.4 Å². The van der Waals surface area contributed by atoms with Gasteiger partial charge in [-0.05, 0) is 61.3 Å². The van der Waals surface area contributed by atoms with E-state index in [1.54, 1.807) is 0 Å². The Morgan fingerprint density at radius 1 is 1.32 bits per heavy atom. The smallest absolute Gasteiger partial charge is 0.179 e. The predicted molar refractivity (Wildman–Crippen MR) is 114 cm³/mol. The zero-order chi connectivity index (χ0) is 20.3. The minimum Gasteiger partial charge on any atom is -0.394 e. The Kier molecular flexibility index (Phi) is 6.41. The molecule has 1 aliphatic rings. The van der Waals surface area contributed by atoms with Crippen LogP contribution in [0.4, 0.5) is 0 Å². The molecule has 4 heteroatoms. The predicted octanol–water partition coefficient (Wildman–Crippen LogP) is 4.31. The second-order valence-electron chi connectivity index (χ2n) is 8.84. The number of carbonyl (C=O) groups is 1. The van der Waals surface area contributed by atoms with Crippen LogP contribution in [0, 0.1) is 0 Å². The van der Waals surface area contributed by atoms with Gasteiger partial charge in [-0.1, -0.05) is 38.1 Å². The van der Waals surface area contributed by atoms with Crippen LogP contribution in [0.3, 0.4) is 0 Å². The van der Waals surface area contributed by atoms with Crippen LogP contribution in [0.5, 0.6) is 0 Å². The van der Waals surface area contributed by atoms with Crippen molar-refractivity contribution in [3.63, 3.8) is 0 Å². The monoisotopic (exact) mass is 382 g/mol. The topological polar surface area (TPSA) is 68.2 Å². The van der Waals surface area contributed by atoms with Crippen LogP contribution in [0.15, 0.2) is 36.4 Å². The summed E-state index contributed by atoms with van der Waals surface area (Å²) in [5.41, 5.74) is 10.4. The van der Waals surface area contributed by atoms with Gasteiger partial charge in [-0.3, -0.25) is 4.79 Å². The molecule has 1 aromatic carbocycles. The third kappa shape index (κ3) is 4.56. The fourth-order valence-electron chi connectivity index (χ4n) is 4.46. The Morgan fingerprint density at radius 2 is 2.11 bits per heavy atom. The Balaban J connectivity index is 1.58. The molecule has 0 spiro atoms. The van der Waals surface area contributed by atoms with Crippen molar-refractivity contribution in [2.75, 3.05) is 6.61 Å². The molecule has 1 fully saturated rings. The molecule has 1 aliphatic carbocycles. The van der Waals surface area contributed by atoms with E-state index in [1.165, 1.54) is 11.1 Å². The Labute approximate surface area is 168 Å². The van der Waals surface area contributed by atoms with Crippen LogP contribution < -0.4 is 5.73 Å². The van der Waals surface area contributed by atoms with Crippen molar-refractivity contribution < 1.29 is 9.90 Å². The van der Waals surface area contributed by atoms with Gasteiger partial charge in [0.15, 0.2) is 5.78 Å². The molecule has 0 radical (unpaired) electrons. The maximum Gasteiger partial charge on any atom is 0.179 e. The number of aryl methyl sites for hydroxylation is 1. The van der Waals surface area contributed by atoms with Gasteiger partial charge in [0.05, 0.1) is 12.3 Å². The van der Waals surface area contributed by atoms with Gasteiger partial charge in [0.1, 0.15) is 0 Å². The minimum absolute atomic E-state index is 0.0255. The van der Waals surface area contributed by atoms with Crippen molar-refractivity contribution in [3.05, 3.63) is 58.9 Å². The van der Waals surface area contributed by atoms with Crippen LogP contribution in [0.1, 0.15) is 85.1 Å². The first kappa shape index (κ1) is 20.8. The Morgan fingerprint density at radius 3 is 2.79 bits per heavy atom. The number of nitrogens with two attached hydrogens (primary N) is 1. The van der Waals surface area contributed by atoms with Gasteiger partial charge in [-0.2, -0.15) is 0 Å². The van der Waals surface area contributed by atoms with Crippen molar-refractivity contribution >= 4 is 5.78 Å². The number of nitrogens with zero attached hydrogens (tertiary/aromatic N) is 1. The summed E-state index contributed by atoms with van der Waals surface area (Å²) in [7, 11) is 1.98. The summed E-state index contributed by atoms with van der Waals surface area (Å²) in [6.07, 6.45) is 4.93. The van der Waals surface area contributed by atoms with Gasteiger partial charge in [0.25, 0.3) is 0 Å². The summed E-state index contributed by atoms with van der Waals surface area (Å²) in [4.78, 5) is 12.8. The van der Waals surface area contributed by atoms with E-state index >= 15 is 0 Å². The number of carbonyl (C=O) groups excluding carboxylic acids is 1. The molecule has 2 aromatic rings. The van der Waals surface area contributed by atoms with E-state index < -0.39 is 5.54 Å². The first-order chi connectivity index (χ1) is 13.3. The highest BCUT2D eigenvalue weighted by molar-refractivity contribution is 5.94. The zero-order valence-electron chi connectivity index (χ0n) is 17.4. The van der Waals surface area contributed by atoms with E-state index in [2.05, 4.69) is 44.2 Å². The molecular weight excluding hydrogens is 348 g/mol. The summed E-state index contributed by atoms with van der Waals surface area (Å²) < 4.78 is 2.04. The molecule has 2 atom stereocenters. The minimum atomic E-state index is -0.469. The lowest BCUT2D eigenvalue weighted by atomic mass is 9.97. The van der Waals surface area contributed by atoms with Crippen molar-refractivity contribution in [2.45, 2.75) is 69.7 Å². The molecule has 4 nitrogen and oxygen atoms in total. The third-order valence-corrected chi connectivity index (χ3v) is 6.31. The highest BCUT2D eigenvalue weighted by atomic mass is 16.3. The van der Waals surface area contributed by atoms with Crippen LogP contribution in [0.25, 0.3) is 0 Å². The summed E-state index contributed by atoms with van der Waals surface area (Å²) in [6.45, 7) is 4.43. The van der Waals surface area contributed by atoms with Gasteiger partial charge in [-0.15, -0.1) is 0 Å². The second kappa shape index (κ2) is 8.62. The number of aromatic nitrogens is 1. The molecule has 152 valence electrons. The van der Waals surface area contributed by atoms with Gasteiger partial charge >= 0.3 is 0 Å². The summed E-state index contributed by atoms with van der Waals surface area (Å²) in [6, 6.07) is 12.7. The number of benzene rings is 1. The molecule has 0 saturated heterocycles. The van der Waals surface area contributed by atoms with Crippen molar-refractivity contribution in [1.29, 1.82) is 0 Å². The molecule has 3 N–H and O–H groups in total. The van der Waals surface area contributed by atoms with E-state index in [0.717, 1.165) is 43.5 Å². The van der Waals surface area contributed by atoms with E-state index in [-0.39, 0.29) is 12.4 Å². The highest BCUT2D eigenvalue weighted by Gasteiger charge is 2.37. The van der Waals surface area contributed by atoms with Crippen molar-refractivity contribution in [2.24, 2.45) is 12.8 Å². The lowest BCUT2D eigenvalue weighted by Gasteiger charge is -2.21.